The van der Waals surface area contributed by atoms with Gasteiger partial charge in [-0.2, -0.15) is 0 Å². The number of aliphatic imine (C=N–C) groups is 4. The number of hydrogen-bond acceptors (Lipinski definition) is 8. The van der Waals surface area contributed by atoms with Crippen molar-refractivity contribution in [2.75, 3.05) is 0 Å². The standard InChI is InChI=1S/2C26H36N2.2C10H8N2.6ClH.2Mo/c2*1-17(2)21-11-9-12-22(18(3)4)25(21)27-15-16-28-26-23(19(5)6)13-10-14-24(26)20(7)8;1-3-7-11-9(5-1)10-6-2-4-8-12-10;1-2-7-12-10(5-1)9-4-3-6-11-8-9;;;;;;;;/h2*9-20H,1-8H3;2*1-8H;6*1H;;/q;;;;;;;;;;+2;+3/p-6. The van der Waals surface area contributed by atoms with Gasteiger partial charge in [-0.1, -0.05) is 202 Å². The van der Waals surface area contributed by atoms with Crippen LogP contribution in [-0.2, 0) is 30.7 Å². The summed E-state index contributed by atoms with van der Waals surface area (Å²) < 4.78 is 0. The predicted molar refractivity (Wildman–Crippen MR) is 375 cm³/mol. The molecule has 4 aromatic heterocycles. The molecule has 0 N–H and O–H groups in total. The maximum absolute atomic E-state index is 4.98. The minimum absolute atomic E-state index is 0. The van der Waals surface area contributed by atoms with Crippen molar-refractivity contribution >= 4 is 94.7 Å². The molecular formula is C72H88Cl6Mo2N8-. The van der Waals surface area contributed by atoms with Gasteiger partial charge in [0.25, 0.3) is 0 Å². The van der Waals surface area contributed by atoms with Crippen molar-refractivity contribution in [3.8, 4) is 22.6 Å². The van der Waals surface area contributed by atoms with E-state index in [1.54, 1.807) is 24.8 Å². The third kappa shape index (κ3) is 27.8. The molecule has 4 heterocycles. The molecule has 0 saturated heterocycles. The zero-order valence-electron chi connectivity index (χ0n) is 53.8. The van der Waals surface area contributed by atoms with Gasteiger partial charge in [-0.05, 0) is 140 Å². The minimum atomic E-state index is -1.94. The maximum atomic E-state index is 4.98. The quantitative estimate of drug-likeness (QED) is 0.0710. The summed E-state index contributed by atoms with van der Waals surface area (Å²) in [6, 6.07) is 47.4. The molecule has 0 atom stereocenters. The minimum Gasteiger partial charge on any atom is -0.264 e. The van der Waals surface area contributed by atoms with Crippen molar-refractivity contribution in [2.45, 2.75) is 158 Å². The van der Waals surface area contributed by atoms with Crippen LogP contribution in [0.5, 0.6) is 0 Å². The molecule has 16 heteroatoms. The Labute approximate surface area is 568 Å². The Balaban J connectivity index is 0.000000406. The third-order valence-corrected chi connectivity index (χ3v) is 13.5. The molecule has 8 aromatic rings. The molecule has 4 aromatic carbocycles. The van der Waals surface area contributed by atoms with Gasteiger partial charge in [0.2, 0.25) is 0 Å². The molecule has 0 aliphatic rings. The monoisotopic (exact) mass is 1470 g/mol. The first-order valence-electron chi connectivity index (χ1n) is 29.5. The van der Waals surface area contributed by atoms with Gasteiger partial charge in [0.05, 0.1) is 39.8 Å². The molecule has 0 fully saturated rings. The van der Waals surface area contributed by atoms with Crippen LogP contribution in [0.15, 0.2) is 190 Å². The zero-order valence-corrected chi connectivity index (χ0v) is 62.3. The Bertz CT molecular complexity index is 2780. The first-order chi connectivity index (χ1) is 41.5. The third-order valence-electron chi connectivity index (χ3n) is 13.5. The molecule has 0 bridgehead atoms. The second-order valence-corrected chi connectivity index (χ2v) is 34.8. The second kappa shape index (κ2) is 43.9. The molecule has 0 radical (unpaired) electrons. The van der Waals surface area contributed by atoms with Gasteiger partial charge in [-0.3, -0.25) is 39.9 Å². The molecule has 0 spiro atoms. The van der Waals surface area contributed by atoms with Crippen molar-refractivity contribution in [1.82, 2.24) is 19.9 Å². The fourth-order valence-electron chi connectivity index (χ4n) is 9.15. The van der Waals surface area contributed by atoms with E-state index in [1.165, 1.54) is 44.5 Å². The second-order valence-electron chi connectivity index (χ2n) is 22.6. The molecule has 0 unspecified atom stereocenters. The van der Waals surface area contributed by atoms with E-state index < -0.39 is 30.7 Å². The van der Waals surface area contributed by atoms with E-state index in [-0.39, 0.29) is 12.4 Å². The van der Waals surface area contributed by atoms with Crippen LogP contribution in [0.4, 0.5) is 22.7 Å². The van der Waals surface area contributed by atoms with E-state index >= 15 is 0 Å². The van der Waals surface area contributed by atoms with Gasteiger partial charge in [-0.25, -0.2) is 0 Å². The van der Waals surface area contributed by atoms with Crippen LogP contribution in [0.25, 0.3) is 22.6 Å². The molecule has 88 heavy (non-hydrogen) atoms. The van der Waals surface area contributed by atoms with Gasteiger partial charge >= 0.3 is 77.8 Å². The predicted octanol–water partition coefficient (Wildman–Crippen LogP) is 21.3. The van der Waals surface area contributed by atoms with Crippen LogP contribution < -0.4 is 12.4 Å². The van der Waals surface area contributed by atoms with Crippen LogP contribution in [0.3, 0.4) is 0 Å². The number of aromatic nitrogens is 4. The summed E-state index contributed by atoms with van der Waals surface area (Å²) in [6.07, 6.45) is 16.3. The van der Waals surface area contributed by atoms with E-state index in [9.17, 15) is 0 Å². The van der Waals surface area contributed by atoms with Gasteiger partial charge in [-0.15, -0.1) is 0 Å². The first kappa shape index (κ1) is 79.4. The normalized spacial score (nSPS) is 11.2. The van der Waals surface area contributed by atoms with Gasteiger partial charge in [0.15, 0.2) is 0 Å². The Hall–Kier alpha value is -4.72. The zero-order chi connectivity index (χ0) is 64.4. The Morgan fingerprint density at radius 3 is 0.739 bits per heavy atom. The summed E-state index contributed by atoms with van der Waals surface area (Å²) in [6.45, 7) is 35.6. The molecule has 8 rings (SSSR count). The van der Waals surface area contributed by atoms with Gasteiger partial charge in [0.1, 0.15) is 0 Å². The van der Waals surface area contributed by atoms with E-state index in [0.717, 1.165) is 45.4 Å². The molecule has 0 aliphatic carbocycles. The number of rotatable bonds is 16. The summed E-state index contributed by atoms with van der Waals surface area (Å²) in [5.74, 6) is 3.53. The van der Waals surface area contributed by atoms with Crippen molar-refractivity contribution in [3.05, 3.63) is 215 Å². The van der Waals surface area contributed by atoms with Crippen molar-refractivity contribution in [3.63, 3.8) is 0 Å². The first-order valence-corrected chi connectivity index (χ1v) is 42.4. The summed E-state index contributed by atoms with van der Waals surface area (Å²) >= 11 is -2.53. The van der Waals surface area contributed by atoms with E-state index in [4.69, 9.17) is 67.1 Å². The summed E-state index contributed by atoms with van der Waals surface area (Å²) in [4.78, 5) is 36.0. The summed E-state index contributed by atoms with van der Waals surface area (Å²) in [5, 5.41) is 0. The number of pyridine rings is 4. The van der Waals surface area contributed by atoms with E-state index in [0.29, 0.717) is 47.3 Å². The average Bonchev–Trinajstić information content (AvgIpc) is 2.92. The number of benzene rings is 4. The molecular weight excluding hydrogens is 1380 g/mol. The summed E-state index contributed by atoms with van der Waals surface area (Å²) in [7, 11) is 24.7. The van der Waals surface area contributed by atoms with Gasteiger partial charge in [0, 0.05) is 61.4 Å². The van der Waals surface area contributed by atoms with E-state index in [2.05, 4.69) is 204 Å². The van der Waals surface area contributed by atoms with Crippen molar-refractivity contribution in [2.24, 2.45) is 20.0 Å². The smallest absolute Gasteiger partial charge is 0.0886 e. The molecule has 471 valence electrons. The fraction of sp³-hybridized carbons (Fsp3) is 0.333. The van der Waals surface area contributed by atoms with E-state index in [1.807, 2.05) is 97.8 Å². The largest absolute Gasteiger partial charge is 0.264 e. The Morgan fingerprint density at radius 1 is 0.330 bits per heavy atom. The summed E-state index contributed by atoms with van der Waals surface area (Å²) in [5.41, 5.74) is 18.6. The number of hydrogen-bond donors (Lipinski definition) is 0. The van der Waals surface area contributed by atoms with Crippen LogP contribution in [0.1, 0.15) is 203 Å². The molecule has 0 aliphatic heterocycles. The number of halogens is 6. The topological polar surface area (TPSA) is 101 Å². The average molecular weight is 1470 g/mol. The Morgan fingerprint density at radius 2 is 0.557 bits per heavy atom. The van der Waals surface area contributed by atoms with Crippen LogP contribution in [0.2, 0.25) is 0 Å². The van der Waals surface area contributed by atoms with Crippen LogP contribution >= 0.6 is 47.1 Å². The maximum Gasteiger partial charge on any atom is 0.0886 e. The van der Waals surface area contributed by atoms with Crippen LogP contribution in [-0.4, -0.2) is 44.8 Å². The van der Waals surface area contributed by atoms with Crippen LogP contribution in [0, 0.1) is 0 Å². The fourth-order valence-corrected chi connectivity index (χ4v) is 9.15. The molecule has 0 saturated carbocycles. The Kier molecular flexibility index (Phi) is 39.6. The molecule has 8 nitrogen and oxygen atoms in total. The molecule has 0 amide bonds. The van der Waals surface area contributed by atoms with Crippen molar-refractivity contribution in [1.29, 1.82) is 0 Å². The SMILES string of the molecule is CC(C)c1cccc(C(C)C)c1N=CC=Nc1c(C(C)C)cccc1C(C)C.CC(C)c1cccc(C(C)C)c1N=CC=Nc1c(C(C)C)cccc1C(C)C.[Cl-].[Cl][Mo]([Cl])[Cl].[Cl][Mo][Cl].c1ccc(-c2ccccn2)nc1.c1ccc(-c2cccnc2)nc1. The van der Waals surface area contributed by atoms with Gasteiger partial charge < -0.3 is 12.4 Å². The number of para-hydroxylation sites is 4. The number of nitrogens with zero attached hydrogens (tertiary/aromatic N) is 8. The van der Waals surface area contributed by atoms with Crippen molar-refractivity contribution < 1.29 is 43.1 Å².